The highest BCUT2D eigenvalue weighted by molar-refractivity contribution is 5.39. The molecule has 0 unspecified atom stereocenters. The van der Waals surface area contributed by atoms with E-state index in [0.29, 0.717) is 5.41 Å². The van der Waals surface area contributed by atoms with Crippen LogP contribution in [0.2, 0.25) is 0 Å². The molecule has 2 N–H and O–H groups in total. The average molecular weight is 263 g/mol. The number of hydrogen-bond acceptors (Lipinski definition) is 2. The predicted octanol–water partition coefficient (Wildman–Crippen LogP) is 3.95. The van der Waals surface area contributed by atoms with Crippen molar-refractivity contribution in [3.05, 3.63) is 29.6 Å². The van der Waals surface area contributed by atoms with Crippen LogP contribution in [0.25, 0.3) is 0 Å². The Hall–Kier alpha value is -1.09. The van der Waals surface area contributed by atoms with Crippen LogP contribution >= 0.6 is 0 Å². The fourth-order valence-corrected chi connectivity index (χ4v) is 3.38. The second kappa shape index (κ2) is 4.20. The van der Waals surface area contributed by atoms with E-state index in [2.05, 4.69) is 13.8 Å². The number of nitrogens with two attached hydrogens (primary N) is 1. The van der Waals surface area contributed by atoms with Gasteiger partial charge >= 0.3 is 0 Å². The van der Waals surface area contributed by atoms with Crippen molar-refractivity contribution >= 4 is 0 Å². The van der Waals surface area contributed by atoms with Crippen molar-refractivity contribution < 1.29 is 9.13 Å². The summed E-state index contributed by atoms with van der Waals surface area (Å²) in [5.74, 6) is 0.540. The highest BCUT2D eigenvalue weighted by Gasteiger charge is 2.44. The first-order chi connectivity index (χ1) is 8.89. The lowest BCUT2D eigenvalue weighted by Gasteiger charge is -2.47. The Labute approximate surface area is 114 Å². The van der Waals surface area contributed by atoms with Crippen LogP contribution in [0.15, 0.2) is 18.2 Å². The third kappa shape index (κ3) is 2.36. The molecule has 0 bridgehead atoms. The maximum absolute atomic E-state index is 13.3. The van der Waals surface area contributed by atoms with Gasteiger partial charge in [-0.15, -0.1) is 0 Å². The summed E-state index contributed by atoms with van der Waals surface area (Å²) < 4.78 is 19.5. The van der Waals surface area contributed by atoms with Crippen LogP contribution in [0.4, 0.5) is 4.39 Å². The van der Waals surface area contributed by atoms with Gasteiger partial charge in [-0.25, -0.2) is 4.39 Å². The molecule has 0 amide bonds. The van der Waals surface area contributed by atoms with Crippen LogP contribution < -0.4 is 10.5 Å². The molecule has 3 rings (SSSR count). The lowest BCUT2D eigenvalue weighted by Crippen LogP contribution is -2.47. The Morgan fingerprint density at radius 3 is 2.58 bits per heavy atom. The number of fused-ring (bicyclic) bond motifs is 1. The Morgan fingerprint density at radius 2 is 1.89 bits per heavy atom. The zero-order valence-corrected chi connectivity index (χ0v) is 11.7. The number of hydrogen-bond donors (Lipinski definition) is 1. The summed E-state index contributed by atoms with van der Waals surface area (Å²) in [6.07, 6.45) is 5.22. The SMILES string of the molecule is CC1(C)CCC2(CC1)C[C@@H](N)c1cc(F)ccc1O2. The van der Waals surface area contributed by atoms with E-state index in [9.17, 15) is 4.39 Å². The molecule has 1 fully saturated rings. The molecule has 3 heteroatoms. The van der Waals surface area contributed by atoms with Crippen LogP contribution in [0, 0.1) is 11.2 Å². The van der Waals surface area contributed by atoms with Gasteiger partial charge in [-0.3, -0.25) is 0 Å². The van der Waals surface area contributed by atoms with E-state index >= 15 is 0 Å². The summed E-state index contributed by atoms with van der Waals surface area (Å²) in [7, 11) is 0. The van der Waals surface area contributed by atoms with Crippen molar-refractivity contribution in [2.24, 2.45) is 11.1 Å². The van der Waals surface area contributed by atoms with Crippen molar-refractivity contribution in [1.82, 2.24) is 0 Å². The van der Waals surface area contributed by atoms with Crippen LogP contribution in [0.1, 0.15) is 57.6 Å². The molecule has 1 aliphatic heterocycles. The maximum Gasteiger partial charge on any atom is 0.125 e. The first-order valence-electron chi connectivity index (χ1n) is 7.13. The number of benzene rings is 1. The highest BCUT2D eigenvalue weighted by Crippen LogP contribution is 2.49. The lowest BCUT2D eigenvalue weighted by molar-refractivity contribution is -0.0260. The van der Waals surface area contributed by atoms with E-state index in [-0.39, 0.29) is 17.5 Å². The molecule has 1 saturated carbocycles. The van der Waals surface area contributed by atoms with Gasteiger partial charge in [0.25, 0.3) is 0 Å². The Bertz CT molecular complexity index is 488. The van der Waals surface area contributed by atoms with Gasteiger partial charge in [-0.1, -0.05) is 13.8 Å². The highest BCUT2D eigenvalue weighted by atomic mass is 19.1. The summed E-state index contributed by atoms with van der Waals surface area (Å²) in [4.78, 5) is 0. The van der Waals surface area contributed by atoms with Crippen molar-refractivity contribution in [3.63, 3.8) is 0 Å². The van der Waals surface area contributed by atoms with E-state index in [1.54, 1.807) is 6.07 Å². The summed E-state index contributed by atoms with van der Waals surface area (Å²) in [5.41, 5.74) is 7.34. The number of ether oxygens (including phenoxy) is 1. The van der Waals surface area contributed by atoms with Gasteiger partial charge in [0.1, 0.15) is 17.2 Å². The molecule has 1 atom stereocenters. The van der Waals surface area contributed by atoms with Crippen molar-refractivity contribution in [2.75, 3.05) is 0 Å². The summed E-state index contributed by atoms with van der Waals surface area (Å²) in [5, 5.41) is 0. The minimum Gasteiger partial charge on any atom is -0.487 e. The van der Waals surface area contributed by atoms with E-state index in [1.165, 1.54) is 12.1 Å². The maximum atomic E-state index is 13.3. The fraction of sp³-hybridized carbons (Fsp3) is 0.625. The van der Waals surface area contributed by atoms with Crippen LogP contribution in [-0.4, -0.2) is 5.60 Å². The predicted molar refractivity (Wildman–Crippen MR) is 73.6 cm³/mol. The van der Waals surface area contributed by atoms with Crippen LogP contribution in [0.3, 0.4) is 0 Å². The molecule has 2 nitrogen and oxygen atoms in total. The van der Waals surface area contributed by atoms with Crippen molar-refractivity contribution in [2.45, 2.75) is 57.6 Å². The monoisotopic (exact) mass is 263 g/mol. The van der Waals surface area contributed by atoms with E-state index in [0.717, 1.165) is 43.4 Å². The van der Waals surface area contributed by atoms with Crippen molar-refractivity contribution in [3.8, 4) is 5.75 Å². The van der Waals surface area contributed by atoms with Crippen LogP contribution in [-0.2, 0) is 0 Å². The van der Waals surface area contributed by atoms with Gasteiger partial charge in [0.05, 0.1) is 0 Å². The summed E-state index contributed by atoms with van der Waals surface area (Å²) >= 11 is 0. The van der Waals surface area contributed by atoms with Crippen molar-refractivity contribution in [1.29, 1.82) is 0 Å². The Balaban J connectivity index is 1.87. The second-order valence-electron chi connectivity index (χ2n) is 6.94. The van der Waals surface area contributed by atoms with Gasteiger partial charge in [-0.05, 0) is 49.3 Å². The van der Waals surface area contributed by atoms with E-state index in [1.807, 2.05) is 0 Å². The smallest absolute Gasteiger partial charge is 0.125 e. The molecule has 104 valence electrons. The zero-order chi connectivity index (χ0) is 13.7. The van der Waals surface area contributed by atoms with Gasteiger partial charge in [-0.2, -0.15) is 0 Å². The largest absolute Gasteiger partial charge is 0.487 e. The topological polar surface area (TPSA) is 35.2 Å². The molecule has 1 heterocycles. The Kier molecular flexibility index (Phi) is 2.86. The zero-order valence-electron chi connectivity index (χ0n) is 11.7. The molecule has 2 aliphatic rings. The molecule has 1 aromatic carbocycles. The summed E-state index contributed by atoms with van der Waals surface area (Å²) in [6, 6.07) is 4.59. The third-order valence-electron chi connectivity index (χ3n) is 4.80. The minimum atomic E-state index is -0.237. The molecule has 1 aromatic rings. The molecule has 1 aliphatic carbocycles. The van der Waals surface area contributed by atoms with Gasteiger partial charge in [0.15, 0.2) is 0 Å². The Morgan fingerprint density at radius 1 is 1.21 bits per heavy atom. The van der Waals surface area contributed by atoms with Crippen LogP contribution in [0.5, 0.6) is 5.75 Å². The first kappa shape index (κ1) is 12.9. The first-order valence-corrected chi connectivity index (χ1v) is 7.13. The number of halogens is 1. The molecular formula is C16H22FNO. The second-order valence-corrected chi connectivity index (χ2v) is 6.94. The third-order valence-corrected chi connectivity index (χ3v) is 4.80. The average Bonchev–Trinajstić information content (AvgIpc) is 2.35. The standard InChI is InChI=1S/C16H22FNO/c1-15(2)5-7-16(8-6-15)10-13(18)12-9-11(17)3-4-14(12)19-16/h3-4,9,13H,5-8,10,18H2,1-2H3/t13-/m1/s1. The van der Waals surface area contributed by atoms with Gasteiger partial charge in [0, 0.05) is 18.0 Å². The molecule has 0 aromatic heterocycles. The quantitative estimate of drug-likeness (QED) is 0.769. The van der Waals surface area contributed by atoms with Gasteiger partial charge < -0.3 is 10.5 Å². The lowest BCUT2D eigenvalue weighted by atomic mass is 9.68. The fourth-order valence-electron chi connectivity index (χ4n) is 3.38. The molecular weight excluding hydrogens is 241 g/mol. The normalized spacial score (nSPS) is 27.7. The molecule has 19 heavy (non-hydrogen) atoms. The van der Waals surface area contributed by atoms with E-state index < -0.39 is 0 Å². The minimum absolute atomic E-state index is 0.110. The van der Waals surface area contributed by atoms with Gasteiger partial charge in [0.2, 0.25) is 0 Å². The summed E-state index contributed by atoms with van der Waals surface area (Å²) in [6.45, 7) is 4.62. The molecule has 0 radical (unpaired) electrons. The molecule has 1 spiro atoms. The number of rotatable bonds is 0. The molecule has 0 saturated heterocycles. The van der Waals surface area contributed by atoms with E-state index in [4.69, 9.17) is 10.5 Å².